The molecule has 1 saturated heterocycles. The third-order valence-corrected chi connectivity index (χ3v) is 6.33. The Morgan fingerprint density at radius 1 is 1.08 bits per heavy atom. The van der Waals surface area contributed by atoms with Crippen LogP contribution < -0.4 is 28.7 Å². The highest BCUT2D eigenvalue weighted by Gasteiger charge is 2.29. The number of rotatable bonds is 7. The molecule has 1 aromatic rings. The minimum Gasteiger partial charge on any atom is -1.00 e. The standard InChI is InChI=1S/C18H31N2O2S.HI/c1-4-5-6-7-16-8-10-18(11-9-16)23(21,22)19-17-12-14-20(2,3)15-13-17;/h8-11,17,19H,4-7,12-15H2,1-3H3;1H/q+1;/p-1. The Labute approximate surface area is 164 Å². The minimum atomic E-state index is -3.40. The lowest BCUT2D eigenvalue weighted by atomic mass is 10.1. The van der Waals surface area contributed by atoms with E-state index in [9.17, 15) is 8.42 Å². The number of nitrogens with one attached hydrogen (secondary N) is 1. The van der Waals surface area contributed by atoms with Gasteiger partial charge in [0, 0.05) is 18.9 Å². The van der Waals surface area contributed by atoms with E-state index in [1.807, 2.05) is 12.1 Å². The Bertz CT molecular complexity index is 590. The second kappa shape index (κ2) is 9.50. The molecule has 1 aromatic carbocycles. The van der Waals surface area contributed by atoms with Gasteiger partial charge in [-0.1, -0.05) is 31.9 Å². The molecular formula is C18H31IN2O2S. The highest BCUT2D eigenvalue weighted by Crippen LogP contribution is 2.18. The Hall–Kier alpha value is -0.180. The van der Waals surface area contributed by atoms with E-state index < -0.39 is 10.0 Å². The molecule has 4 nitrogen and oxygen atoms in total. The highest BCUT2D eigenvalue weighted by atomic mass is 127. The molecule has 1 fully saturated rings. The molecule has 6 heteroatoms. The summed E-state index contributed by atoms with van der Waals surface area (Å²) in [6, 6.07) is 7.45. The monoisotopic (exact) mass is 466 g/mol. The van der Waals surface area contributed by atoms with Crippen molar-refractivity contribution >= 4 is 10.0 Å². The lowest BCUT2D eigenvalue weighted by Crippen LogP contribution is -3.00. The topological polar surface area (TPSA) is 46.2 Å². The largest absolute Gasteiger partial charge is 1.00 e. The van der Waals surface area contributed by atoms with Crippen LogP contribution in [0.4, 0.5) is 0 Å². The van der Waals surface area contributed by atoms with Gasteiger partial charge in [-0.15, -0.1) is 0 Å². The predicted octanol–water partition coefficient (Wildman–Crippen LogP) is -0.0596. The average molecular weight is 466 g/mol. The van der Waals surface area contributed by atoms with Gasteiger partial charge in [-0.3, -0.25) is 0 Å². The zero-order valence-electron chi connectivity index (χ0n) is 15.1. The van der Waals surface area contributed by atoms with Crippen LogP contribution in [0.15, 0.2) is 29.2 Å². The average Bonchev–Trinajstić information content (AvgIpc) is 2.50. The first-order chi connectivity index (χ1) is 10.8. The molecule has 1 heterocycles. The van der Waals surface area contributed by atoms with E-state index in [-0.39, 0.29) is 30.0 Å². The number of hydrogen-bond acceptors (Lipinski definition) is 2. The van der Waals surface area contributed by atoms with Gasteiger partial charge in [-0.25, -0.2) is 13.1 Å². The molecule has 2 rings (SSSR count). The molecule has 138 valence electrons. The molecule has 0 aromatic heterocycles. The maximum atomic E-state index is 12.5. The molecule has 0 bridgehead atoms. The van der Waals surface area contributed by atoms with Crippen LogP contribution in [0.5, 0.6) is 0 Å². The third-order valence-electron chi connectivity index (χ3n) is 4.79. The van der Waals surface area contributed by atoms with Crippen molar-refractivity contribution in [3.05, 3.63) is 29.8 Å². The van der Waals surface area contributed by atoms with Crippen molar-refractivity contribution in [3.8, 4) is 0 Å². The predicted molar refractivity (Wildman–Crippen MR) is 94.9 cm³/mol. The van der Waals surface area contributed by atoms with Gasteiger partial charge in [0.15, 0.2) is 0 Å². The van der Waals surface area contributed by atoms with Crippen molar-refractivity contribution in [1.29, 1.82) is 0 Å². The number of halogens is 1. The van der Waals surface area contributed by atoms with Crippen molar-refractivity contribution in [2.75, 3.05) is 27.2 Å². The number of quaternary nitrogens is 1. The second-order valence-electron chi connectivity index (χ2n) is 7.38. The van der Waals surface area contributed by atoms with Crippen LogP contribution in [0.25, 0.3) is 0 Å². The van der Waals surface area contributed by atoms with Crippen LogP contribution in [-0.4, -0.2) is 46.1 Å². The number of hydrogen-bond donors (Lipinski definition) is 1. The Morgan fingerprint density at radius 2 is 1.67 bits per heavy atom. The number of piperidine rings is 1. The van der Waals surface area contributed by atoms with Gasteiger partial charge in [0.1, 0.15) is 0 Å². The number of likely N-dealkylation sites (tertiary alicyclic amines) is 1. The lowest BCUT2D eigenvalue weighted by Gasteiger charge is -2.37. The maximum absolute atomic E-state index is 12.5. The van der Waals surface area contributed by atoms with Gasteiger partial charge in [-0.05, 0) is 30.5 Å². The van der Waals surface area contributed by atoms with E-state index in [4.69, 9.17) is 0 Å². The summed E-state index contributed by atoms with van der Waals surface area (Å²) in [5.41, 5.74) is 1.22. The number of unbranched alkanes of at least 4 members (excludes halogenated alkanes) is 2. The van der Waals surface area contributed by atoms with Gasteiger partial charge in [0.2, 0.25) is 10.0 Å². The molecule has 0 spiro atoms. The van der Waals surface area contributed by atoms with Gasteiger partial charge in [-0.2, -0.15) is 0 Å². The van der Waals surface area contributed by atoms with Crippen molar-refractivity contribution in [2.45, 2.75) is 56.4 Å². The Morgan fingerprint density at radius 3 is 2.21 bits per heavy atom. The minimum absolute atomic E-state index is 0. The zero-order valence-corrected chi connectivity index (χ0v) is 18.1. The van der Waals surface area contributed by atoms with E-state index in [1.165, 1.54) is 18.4 Å². The van der Waals surface area contributed by atoms with Gasteiger partial charge < -0.3 is 28.5 Å². The highest BCUT2D eigenvalue weighted by molar-refractivity contribution is 7.89. The van der Waals surface area contributed by atoms with Crippen molar-refractivity contribution < 1.29 is 36.9 Å². The molecule has 0 unspecified atom stereocenters. The van der Waals surface area contributed by atoms with Crippen LogP contribution in [-0.2, 0) is 16.4 Å². The fourth-order valence-electron chi connectivity index (χ4n) is 3.09. The van der Waals surface area contributed by atoms with E-state index in [0.29, 0.717) is 4.90 Å². The Kier molecular flexibility index (Phi) is 8.65. The molecule has 1 N–H and O–H groups in total. The van der Waals surface area contributed by atoms with Gasteiger partial charge >= 0.3 is 0 Å². The van der Waals surface area contributed by atoms with Crippen LogP contribution >= 0.6 is 0 Å². The summed E-state index contributed by atoms with van der Waals surface area (Å²) in [6.07, 6.45) is 6.42. The summed E-state index contributed by atoms with van der Waals surface area (Å²) in [4.78, 5) is 0.385. The molecule has 24 heavy (non-hydrogen) atoms. The second-order valence-corrected chi connectivity index (χ2v) is 9.09. The molecule has 0 saturated carbocycles. The Balaban J connectivity index is 0.00000288. The molecular weight excluding hydrogens is 435 g/mol. The normalized spacial score (nSPS) is 18.1. The van der Waals surface area contributed by atoms with Crippen LogP contribution in [0.3, 0.4) is 0 Å². The molecule has 1 aliphatic heterocycles. The van der Waals surface area contributed by atoms with Gasteiger partial charge in [0.25, 0.3) is 0 Å². The molecule has 1 aliphatic rings. The number of aryl methyl sites for hydroxylation is 1. The molecule has 0 amide bonds. The van der Waals surface area contributed by atoms with E-state index in [2.05, 4.69) is 25.7 Å². The molecule has 0 radical (unpaired) electrons. The number of nitrogens with zero attached hydrogens (tertiary/aromatic N) is 1. The number of benzene rings is 1. The first-order valence-electron chi connectivity index (χ1n) is 8.76. The first kappa shape index (κ1) is 21.9. The van der Waals surface area contributed by atoms with Crippen molar-refractivity contribution in [3.63, 3.8) is 0 Å². The van der Waals surface area contributed by atoms with Crippen molar-refractivity contribution in [2.24, 2.45) is 0 Å². The smallest absolute Gasteiger partial charge is 0.240 e. The van der Waals surface area contributed by atoms with Gasteiger partial charge in [0.05, 0.1) is 32.1 Å². The number of sulfonamides is 1. The van der Waals surface area contributed by atoms with E-state index in [0.717, 1.165) is 43.3 Å². The first-order valence-corrected chi connectivity index (χ1v) is 10.2. The summed E-state index contributed by atoms with van der Waals surface area (Å²) in [5, 5.41) is 0. The van der Waals surface area contributed by atoms with Crippen LogP contribution in [0, 0.1) is 0 Å². The molecule has 0 atom stereocenters. The fraction of sp³-hybridized carbons (Fsp3) is 0.667. The van der Waals surface area contributed by atoms with Crippen LogP contribution in [0.1, 0.15) is 44.6 Å². The lowest BCUT2D eigenvalue weighted by molar-refractivity contribution is -0.895. The van der Waals surface area contributed by atoms with E-state index in [1.54, 1.807) is 12.1 Å². The SMILES string of the molecule is CCCCCc1ccc(S(=O)(=O)NC2CC[N+](C)(C)CC2)cc1.[I-]. The fourth-order valence-corrected chi connectivity index (χ4v) is 4.39. The summed E-state index contributed by atoms with van der Waals surface area (Å²) in [6.45, 7) is 4.22. The van der Waals surface area contributed by atoms with Crippen molar-refractivity contribution in [1.82, 2.24) is 4.72 Å². The summed E-state index contributed by atoms with van der Waals surface area (Å²) < 4.78 is 28.9. The molecule has 0 aliphatic carbocycles. The van der Waals surface area contributed by atoms with E-state index >= 15 is 0 Å². The van der Waals surface area contributed by atoms with Crippen LogP contribution in [0.2, 0.25) is 0 Å². The maximum Gasteiger partial charge on any atom is 0.240 e. The quantitative estimate of drug-likeness (QED) is 0.348. The zero-order chi connectivity index (χ0) is 16.9. The summed E-state index contributed by atoms with van der Waals surface area (Å²) >= 11 is 0. The third kappa shape index (κ3) is 6.61. The summed E-state index contributed by atoms with van der Waals surface area (Å²) in [7, 11) is 0.997. The summed E-state index contributed by atoms with van der Waals surface area (Å²) in [5.74, 6) is 0.